The van der Waals surface area contributed by atoms with Gasteiger partial charge in [-0.05, 0) is 49.4 Å². The van der Waals surface area contributed by atoms with E-state index in [0.717, 1.165) is 18.0 Å². The molecule has 0 heterocycles. The van der Waals surface area contributed by atoms with Crippen molar-refractivity contribution in [3.63, 3.8) is 0 Å². The molecule has 1 fully saturated rings. The van der Waals surface area contributed by atoms with E-state index in [9.17, 15) is 0 Å². The Labute approximate surface area is 124 Å². The van der Waals surface area contributed by atoms with E-state index in [4.69, 9.17) is 4.74 Å². The van der Waals surface area contributed by atoms with E-state index in [-0.39, 0.29) is 0 Å². The largest absolute Gasteiger partial charge is 0.457 e. The van der Waals surface area contributed by atoms with E-state index in [1.165, 1.54) is 23.3 Å². The van der Waals surface area contributed by atoms with E-state index in [1.807, 2.05) is 24.3 Å². The average molecular weight is 285 g/mol. The molecule has 2 nitrogen and oxygen atoms in total. The summed E-state index contributed by atoms with van der Waals surface area (Å²) in [6, 6.07) is 17.2. The van der Waals surface area contributed by atoms with Gasteiger partial charge in [-0.2, -0.15) is 0 Å². The number of para-hydroxylation sites is 1. The van der Waals surface area contributed by atoms with E-state index in [1.54, 1.807) is 11.8 Å². The first-order valence-corrected chi connectivity index (χ1v) is 8.21. The van der Waals surface area contributed by atoms with Crippen LogP contribution in [-0.4, -0.2) is 12.3 Å². The molecule has 0 aromatic heterocycles. The van der Waals surface area contributed by atoms with Gasteiger partial charge >= 0.3 is 0 Å². The van der Waals surface area contributed by atoms with Crippen molar-refractivity contribution in [3.8, 4) is 11.5 Å². The molecular weight excluding hydrogens is 266 g/mol. The Bertz CT molecular complexity index is 563. The lowest BCUT2D eigenvalue weighted by Crippen LogP contribution is -2.15. The fourth-order valence-electron chi connectivity index (χ4n) is 2.06. The first-order chi connectivity index (χ1) is 9.85. The monoisotopic (exact) mass is 285 g/mol. The summed E-state index contributed by atoms with van der Waals surface area (Å²) in [4.78, 5) is 1.25. The van der Waals surface area contributed by atoms with Crippen molar-refractivity contribution in [2.45, 2.75) is 30.3 Å². The molecule has 1 N–H and O–H groups in total. The first-order valence-electron chi connectivity index (χ1n) is 6.98. The van der Waals surface area contributed by atoms with Gasteiger partial charge in [0.2, 0.25) is 0 Å². The summed E-state index contributed by atoms with van der Waals surface area (Å²) in [6.07, 6.45) is 4.69. The van der Waals surface area contributed by atoms with Crippen molar-refractivity contribution in [1.82, 2.24) is 5.32 Å². The second-order valence-corrected chi connectivity index (χ2v) is 5.92. The fraction of sp³-hybridized carbons (Fsp3) is 0.294. The standard InChI is InChI=1S/C17H19NOS/c1-20-16-10-8-15(9-11-16)19-17-5-3-2-4-13(17)12-18-14-6-7-14/h2-5,8-11,14,18H,6-7,12H2,1H3. The lowest BCUT2D eigenvalue weighted by molar-refractivity contribution is 0.472. The van der Waals surface area contributed by atoms with Crippen LogP contribution in [0.2, 0.25) is 0 Å². The molecule has 1 aliphatic carbocycles. The first kappa shape index (κ1) is 13.5. The molecule has 0 amide bonds. The summed E-state index contributed by atoms with van der Waals surface area (Å²) in [7, 11) is 0. The average Bonchev–Trinajstić information content (AvgIpc) is 3.31. The Morgan fingerprint density at radius 2 is 1.85 bits per heavy atom. The number of hydrogen-bond acceptors (Lipinski definition) is 3. The molecule has 104 valence electrons. The highest BCUT2D eigenvalue weighted by atomic mass is 32.2. The van der Waals surface area contributed by atoms with Gasteiger partial charge in [-0.1, -0.05) is 18.2 Å². The van der Waals surface area contributed by atoms with Gasteiger partial charge in [0, 0.05) is 23.0 Å². The maximum Gasteiger partial charge on any atom is 0.131 e. The third kappa shape index (κ3) is 3.56. The van der Waals surface area contributed by atoms with Crippen LogP contribution in [0.3, 0.4) is 0 Å². The number of benzene rings is 2. The van der Waals surface area contributed by atoms with Crippen LogP contribution in [0.4, 0.5) is 0 Å². The van der Waals surface area contributed by atoms with Crippen LogP contribution < -0.4 is 10.1 Å². The molecule has 0 aliphatic heterocycles. The van der Waals surface area contributed by atoms with Gasteiger partial charge in [0.25, 0.3) is 0 Å². The van der Waals surface area contributed by atoms with Gasteiger partial charge in [-0.3, -0.25) is 0 Å². The zero-order valence-electron chi connectivity index (χ0n) is 11.6. The summed E-state index contributed by atoms with van der Waals surface area (Å²) >= 11 is 1.74. The highest BCUT2D eigenvalue weighted by Gasteiger charge is 2.20. The van der Waals surface area contributed by atoms with E-state index >= 15 is 0 Å². The van der Waals surface area contributed by atoms with Gasteiger partial charge in [0.05, 0.1) is 0 Å². The molecule has 20 heavy (non-hydrogen) atoms. The molecule has 0 atom stereocenters. The number of ether oxygens (including phenoxy) is 1. The van der Waals surface area contributed by atoms with Gasteiger partial charge in [-0.25, -0.2) is 0 Å². The van der Waals surface area contributed by atoms with Crippen LogP contribution in [0.25, 0.3) is 0 Å². The minimum atomic E-state index is 0.712. The molecule has 1 saturated carbocycles. The summed E-state index contributed by atoms with van der Waals surface area (Å²) in [6.45, 7) is 0.879. The molecule has 2 aromatic rings. The van der Waals surface area contributed by atoms with Crippen molar-refractivity contribution >= 4 is 11.8 Å². The molecule has 0 bridgehead atoms. The third-order valence-electron chi connectivity index (χ3n) is 3.42. The van der Waals surface area contributed by atoms with Crippen molar-refractivity contribution in [2.24, 2.45) is 0 Å². The Hall–Kier alpha value is -1.45. The highest BCUT2D eigenvalue weighted by Crippen LogP contribution is 2.28. The molecule has 0 unspecified atom stereocenters. The van der Waals surface area contributed by atoms with Crippen LogP contribution in [-0.2, 0) is 6.54 Å². The quantitative estimate of drug-likeness (QED) is 0.792. The lowest BCUT2D eigenvalue weighted by Gasteiger charge is -2.12. The Balaban J connectivity index is 1.71. The summed E-state index contributed by atoms with van der Waals surface area (Å²) < 4.78 is 6.01. The topological polar surface area (TPSA) is 21.3 Å². The maximum atomic E-state index is 6.01. The van der Waals surface area contributed by atoms with E-state index < -0.39 is 0 Å². The second-order valence-electron chi connectivity index (χ2n) is 5.04. The number of rotatable bonds is 6. The van der Waals surface area contributed by atoms with Crippen LogP contribution >= 0.6 is 11.8 Å². The Morgan fingerprint density at radius 3 is 2.55 bits per heavy atom. The second kappa shape index (κ2) is 6.33. The molecule has 3 rings (SSSR count). The molecule has 0 radical (unpaired) electrons. The van der Waals surface area contributed by atoms with Crippen LogP contribution in [0.15, 0.2) is 53.4 Å². The van der Waals surface area contributed by atoms with Gasteiger partial charge < -0.3 is 10.1 Å². The van der Waals surface area contributed by atoms with Gasteiger partial charge in [0.1, 0.15) is 11.5 Å². The lowest BCUT2D eigenvalue weighted by atomic mass is 10.2. The zero-order chi connectivity index (χ0) is 13.8. The van der Waals surface area contributed by atoms with Crippen LogP contribution in [0.5, 0.6) is 11.5 Å². The molecule has 3 heteroatoms. The number of thioether (sulfide) groups is 1. The molecule has 0 saturated heterocycles. The number of nitrogens with one attached hydrogen (secondary N) is 1. The predicted octanol–water partition coefficient (Wildman–Crippen LogP) is 4.45. The molecule has 2 aromatic carbocycles. The van der Waals surface area contributed by atoms with Crippen molar-refractivity contribution in [2.75, 3.05) is 6.26 Å². The minimum absolute atomic E-state index is 0.712. The van der Waals surface area contributed by atoms with Crippen LogP contribution in [0.1, 0.15) is 18.4 Å². The normalized spacial score (nSPS) is 14.2. The Morgan fingerprint density at radius 1 is 1.10 bits per heavy atom. The fourth-order valence-corrected chi connectivity index (χ4v) is 2.47. The van der Waals surface area contributed by atoms with E-state index in [2.05, 4.69) is 35.8 Å². The Kier molecular flexibility index (Phi) is 4.28. The number of hydrogen-bond donors (Lipinski definition) is 1. The van der Waals surface area contributed by atoms with Gasteiger partial charge in [0.15, 0.2) is 0 Å². The molecule has 1 aliphatic rings. The summed E-state index contributed by atoms with van der Waals surface area (Å²) in [5, 5.41) is 3.53. The predicted molar refractivity (Wildman–Crippen MR) is 84.6 cm³/mol. The SMILES string of the molecule is CSc1ccc(Oc2ccccc2CNC2CC2)cc1. The summed E-state index contributed by atoms with van der Waals surface area (Å²) in [5.41, 5.74) is 1.22. The van der Waals surface area contributed by atoms with Gasteiger partial charge in [-0.15, -0.1) is 11.8 Å². The van der Waals surface area contributed by atoms with Crippen LogP contribution in [0, 0.1) is 0 Å². The minimum Gasteiger partial charge on any atom is -0.457 e. The molecular formula is C17H19NOS. The molecule has 0 spiro atoms. The highest BCUT2D eigenvalue weighted by molar-refractivity contribution is 7.98. The maximum absolute atomic E-state index is 6.01. The van der Waals surface area contributed by atoms with Crippen molar-refractivity contribution in [1.29, 1.82) is 0 Å². The summed E-state index contributed by atoms with van der Waals surface area (Å²) in [5.74, 6) is 1.83. The zero-order valence-corrected chi connectivity index (χ0v) is 12.5. The smallest absolute Gasteiger partial charge is 0.131 e. The van der Waals surface area contributed by atoms with E-state index in [0.29, 0.717) is 6.04 Å². The van der Waals surface area contributed by atoms with Crippen molar-refractivity contribution in [3.05, 3.63) is 54.1 Å². The third-order valence-corrected chi connectivity index (χ3v) is 4.16. The van der Waals surface area contributed by atoms with Crippen molar-refractivity contribution < 1.29 is 4.74 Å².